The molecule has 0 radical (unpaired) electrons. The number of rotatable bonds is 2. The van der Waals surface area contributed by atoms with Crippen molar-refractivity contribution in [3.05, 3.63) is 47.8 Å². The number of amides is 2. The highest BCUT2D eigenvalue weighted by Gasteiger charge is 2.38. The van der Waals surface area contributed by atoms with Gasteiger partial charge in [-0.1, -0.05) is 25.1 Å². The molecule has 196 valence electrons. The highest BCUT2D eigenvalue weighted by Crippen LogP contribution is 2.46. The van der Waals surface area contributed by atoms with Crippen molar-refractivity contribution >= 4 is 23.5 Å². The Morgan fingerprint density at radius 2 is 1.95 bits per heavy atom. The van der Waals surface area contributed by atoms with E-state index in [1.165, 1.54) is 6.07 Å². The van der Waals surface area contributed by atoms with Crippen LogP contribution in [-0.2, 0) is 9.53 Å². The zero-order valence-electron chi connectivity index (χ0n) is 21.9. The maximum Gasteiger partial charge on any atom is 0.410 e. The minimum atomic E-state index is -0.565. The molecule has 8 nitrogen and oxygen atoms in total. The molecule has 3 aliphatic rings. The third kappa shape index (κ3) is 4.74. The van der Waals surface area contributed by atoms with Crippen LogP contribution in [0, 0.1) is 11.7 Å². The zero-order chi connectivity index (χ0) is 26.5. The number of benzene rings is 2. The Kier molecular flexibility index (Phi) is 6.33. The van der Waals surface area contributed by atoms with Gasteiger partial charge < -0.3 is 19.3 Å². The van der Waals surface area contributed by atoms with E-state index in [-0.39, 0.29) is 36.3 Å². The summed E-state index contributed by atoms with van der Waals surface area (Å²) in [6.07, 6.45) is 0.373. The minimum Gasteiger partial charge on any atom is -0.483 e. The van der Waals surface area contributed by atoms with E-state index in [1.807, 2.05) is 50.8 Å². The van der Waals surface area contributed by atoms with Gasteiger partial charge in [-0.3, -0.25) is 4.79 Å². The lowest BCUT2D eigenvalue weighted by Gasteiger charge is -2.41. The lowest BCUT2D eigenvalue weighted by Crippen LogP contribution is -2.55. The van der Waals surface area contributed by atoms with Crippen LogP contribution < -0.4 is 15.1 Å². The number of fused-ring (bicyclic) bond motifs is 3. The summed E-state index contributed by atoms with van der Waals surface area (Å²) >= 11 is 0. The molecule has 37 heavy (non-hydrogen) atoms. The average molecular weight is 509 g/mol. The number of amidine groups is 1. The average Bonchev–Trinajstić information content (AvgIpc) is 2.84. The third-order valence-electron chi connectivity index (χ3n) is 7.21. The molecule has 0 saturated carbocycles. The van der Waals surface area contributed by atoms with Gasteiger partial charge in [0.1, 0.15) is 29.8 Å². The fourth-order valence-corrected chi connectivity index (χ4v) is 5.41. The number of likely N-dealkylation sites (tertiary alicyclic amines) is 1. The van der Waals surface area contributed by atoms with Crippen LogP contribution >= 0.6 is 0 Å². The molecule has 0 unspecified atom stereocenters. The van der Waals surface area contributed by atoms with E-state index in [4.69, 9.17) is 9.47 Å². The first-order valence-corrected chi connectivity index (χ1v) is 12.7. The molecule has 0 aliphatic carbocycles. The predicted octanol–water partition coefficient (Wildman–Crippen LogP) is 4.88. The standard InChI is InChI=1S/C28H33FN4O4/c1-16-14-32(27(35)37-28(3,4)5)11-10-18(16)20-12-23-24(13-21(20)19-8-6-7-9-22(19)29)36-15-25-30-31-26(34)17(2)33(23)25/h6-9,12-13,16-18H,10-11,14-15H2,1-5H3,(H,31,34)/t16-,17-,18+/m1/s1. The predicted molar refractivity (Wildman–Crippen MR) is 139 cm³/mol. The number of piperidine rings is 1. The van der Waals surface area contributed by atoms with E-state index in [1.54, 1.807) is 17.0 Å². The maximum absolute atomic E-state index is 15.1. The Morgan fingerprint density at radius 3 is 2.65 bits per heavy atom. The van der Waals surface area contributed by atoms with Crippen LogP contribution in [0.3, 0.4) is 0 Å². The van der Waals surface area contributed by atoms with Crippen molar-refractivity contribution in [2.24, 2.45) is 11.0 Å². The molecular weight excluding hydrogens is 475 g/mol. The quantitative estimate of drug-likeness (QED) is 0.625. The Bertz CT molecular complexity index is 1270. The van der Waals surface area contributed by atoms with Crippen LogP contribution in [0.1, 0.15) is 52.5 Å². The number of halogens is 1. The molecule has 1 saturated heterocycles. The van der Waals surface area contributed by atoms with Gasteiger partial charge >= 0.3 is 6.09 Å². The van der Waals surface area contributed by atoms with Gasteiger partial charge in [-0.15, -0.1) is 0 Å². The number of hydrazone groups is 1. The summed E-state index contributed by atoms with van der Waals surface area (Å²) in [5, 5.41) is 4.19. The molecule has 1 N–H and O–H groups in total. The summed E-state index contributed by atoms with van der Waals surface area (Å²) in [5.41, 5.74) is 4.94. The van der Waals surface area contributed by atoms with Gasteiger partial charge in [0.25, 0.3) is 5.91 Å². The smallest absolute Gasteiger partial charge is 0.410 e. The Labute approximate surface area is 216 Å². The van der Waals surface area contributed by atoms with Gasteiger partial charge in [-0.25, -0.2) is 14.6 Å². The molecule has 0 spiro atoms. The number of carbonyl (C=O) groups is 2. The van der Waals surface area contributed by atoms with Crippen molar-refractivity contribution < 1.29 is 23.5 Å². The van der Waals surface area contributed by atoms with E-state index in [0.717, 1.165) is 16.8 Å². The molecule has 2 amide bonds. The molecule has 2 aromatic carbocycles. The number of carbonyl (C=O) groups excluding carboxylic acids is 2. The molecule has 0 aromatic heterocycles. The second kappa shape index (κ2) is 9.36. The molecule has 3 heterocycles. The molecule has 9 heteroatoms. The van der Waals surface area contributed by atoms with Crippen molar-refractivity contribution in [2.75, 3.05) is 24.6 Å². The van der Waals surface area contributed by atoms with Gasteiger partial charge in [0.15, 0.2) is 5.84 Å². The number of nitrogens with one attached hydrogen (secondary N) is 1. The first-order chi connectivity index (χ1) is 17.5. The molecule has 3 atom stereocenters. The summed E-state index contributed by atoms with van der Waals surface area (Å²) in [6, 6.07) is 10.2. The first kappa shape index (κ1) is 25.0. The molecule has 1 fully saturated rings. The van der Waals surface area contributed by atoms with Crippen LogP contribution in [0.4, 0.5) is 14.9 Å². The van der Waals surface area contributed by atoms with Crippen LogP contribution in [0.2, 0.25) is 0 Å². The van der Waals surface area contributed by atoms with Crippen molar-refractivity contribution in [3.63, 3.8) is 0 Å². The third-order valence-corrected chi connectivity index (χ3v) is 7.21. The Hall–Kier alpha value is -3.62. The van der Waals surface area contributed by atoms with Crippen molar-refractivity contribution in [2.45, 2.75) is 58.6 Å². The van der Waals surface area contributed by atoms with Crippen LogP contribution in [0.15, 0.2) is 41.5 Å². The topological polar surface area (TPSA) is 83.5 Å². The Balaban J connectivity index is 1.56. The number of anilines is 1. The van der Waals surface area contributed by atoms with E-state index in [2.05, 4.69) is 17.5 Å². The SMILES string of the molecule is C[C@@H]1CN(C(=O)OC(C)(C)C)CC[C@@H]1c1cc2c(cc1-c1ccccc1F)OCC1=NNC(=O)[C@@H](C)N12. The zero-order valence-corrected chi connectivity index (χ0v) is 21.9. The van der Waals surface area contributed by atoms with E-state index in [0.29, 0.717) is 36.7 Å². The molecule has 5 rings (SSSR count). The van der Waals surface area contributed by atoms with E-state index < -0.39 is 11.6 Å². The largest absolute Gasteiger partial charge is 0.483 e. The minimum absolute atomic E-state index is 0.0508. The highest BCUT2D eigenvalue weighted by molar-refractivity contribution is 6.09. The van der Waals surface area contributed by atoms with E-state index >= 15 is 4.39 Å². The second-order valence-electron chi connectivity index (χ2n) is 11.0. The number of hydrogen-bond acceptors (Lipinski definition) is 6. The summed E-state index contributed by atoms with van der Waals surface area (Å²) in [6.45, 7) is 10.8. The maximum atomic E-state index is 15.1. The van der Waals surface area contributed by atoms with Gasteiger partial charge in [0.2, 0.25) is 0 Å². The molecule has 3 aliphatic heterocycles. The van der Waals surface area contributed by atoms with Crippen LogP contribution in [0.25, 0.3) is 11.1 Å². The van der Waals surface area contributed by atoms with E-state index in [9.17, 15) is 9.59 Å². The lowest BCUT2D eigenvalue weighted by molar-refractivity contribution is -0.122. The van der Waals surface area contributed by atoms with Crippen molar-refractivity contribution in [1.29, 1.82) is 0 Å². The number of hydrogen-bond donors (Lipinski definition) is 1. The van der Waals surface area contributed by atoms with Gasteiger partial charge in [0.05, 0.1) is 5.69 Å². The highest BCUT2D eigenvalue weighted by atomic mass is 19.1. The summed E-state index contributed by atoms with van der Waals surface area (Å²) in [4.78, 5) is 28.8. The fraction of sp³-hybridized carbons (Fsp3) is 0.464. The van der Waals surface area contributed by atoms with Crippen LogP contribution in [0.5, 0.6) is 5.75 Å². The molecule has 2 aromatic rings. The monoisotopic (exact) mass is 508 g/mol. The molecular formula is C28H33FN4O4. The summed E-state index contributed by atoms with van der Waals surface area (Å²) in [5.74, 6) is 0.833. The second-order valence-corrected chi connectivity index (χ2v) is 11.0. The lowest BCUT2D eigenvalue weighted by atomic mass is 9.78. The van der Waals surface area contributed by atoms with Crippen molar-refractivity contribution in [3.8, 4) is 16.9 Å². The summed E-state index contributed by atoms with van der Waals surface area (Å²) < 4.78 is 26.7. The normalized spacial score (nSPS) is 23.4. The van der Waals surface area contributed by atoms with Crippen molar-refractivity contribution in [1.82, 2.24) is 10.3 Å². The first-order valence-electron chi connectivity index (χ1n) is 12.7. The number of nitrogens with zero attached hydrogens (tertiary/aromatic N) is 3. The molecule has 0 bridgehead atoms. The van der Waals surface area contributed by atoms with Gasteiger partial charge in [-0.05, 0) is 75.3 Å². The Morgan fingerprint density at radius 1 is 1.19 bits per heavy atom. The van der Waals surface area contributed by atoms with Crippen LogP contribution in [-0.4, -0.2) is 54.1 Å². The number of ether oxygens (including phenoxy) is 2. The fourth-order valence-electron chi connectivity index (χ4n) is 5.41. The summed E-state index contributed by atoms with van der Waals surface area (Å²) in [7, 11) is 0. The van der Waals surface area contributed by atoms with Gasteiger partial charge in [-0.2, -0.15) is 5.10 Å². The van der Waals surface area contributed by atoms with Gasteiger partial charge in [0, 0.05) is 18.7 Å².